The van der Waals surface area contributed by atoms with Crippen molar-refractivity contribution in [2.45, 2.75) is 6.42 Å². The van der Waals surface area contributed by atoms with Crippen LogP contribution in [0.5, 0.6) is 0 Å². The van der Waals surface area contributed by atoms with Crippen molar-refractivity contribution in [1.29, 1.82) is 0 Å². The lowest BCUT2D eigenvalue weighted by Crippen LogP contribution is -2.23. The van der Waals surface area contributed by atoms with E-state index in [4.69, 9.17) is 4.74 Å². The van der Waals surface area contributed by atoms with E-state index in [1.807, 2.05) is 36.4 Å². The van der Waals surface area contributed by atoms with Gasteiger partial charge in [0, 0.05) is 18.4 Å². The molecule has 1 aliphatic rings. The summed E-state index contributed by atoms with van der Waals surface area (Å²) in [6, 6.07) is 11.9. The van der Waals surface area contributed by atoms with Gasteiger partial charge in [-0.1, -0.05) is 30.3 Å². The third-order valence-electron chi connectivity index (χ3n) is 3.46. The summed E-state index contributed by atoms with van der Waals surface area (Å²) in [5, 5.41) is 2.97. The maximum absolute atomic E-state index is 12.2. The van der Waals surface area contributed by atoms with Gasteiger partial charge in [-0.15, -0.1) is 0 Å². The van der Waals surface area contributed by atoms with Crippen LogP contribution in [0.4, 0.5) is 5.69 Å². The summed E-state index contributed by atoms with van der Waals surface area (Å²) in [7, 11) is 0. The summed E-state index contributed by atoms with van der Waals surface area (Å²) < 4.78 is 5.25. The molecule has 3 rings (SSSR count). The van der Waals surface area contributed by atoms with E-state index in [0.717, 1.165) is 23.2 Å². The van der Waals surface area contributed by atoms with Crippen molar-refractivity contribution >= 4 is 11.6 Å². The maximum atomic E-state index is 12.2. The molecule has 1 fully saturated rings. The number of hydrogen-bond acceptors (Lipinski definition) is 3. The number of ether oxygens (including phenoxy) is 1. The zero-order chi connectivity index (χ0) is 13.8. The first-order chi connectivity index (χ1) is 9.84. The smallest absolute Gasteiger partial charge is 0.229 e. The van der Waals surface area contributed by atoms with E-state index in [2.05, 4.69) is 10.3 Å². The van der Waals surface area contributed by atoms with Gasteiger partial charge in [-0.3, -0.25) is 9.78 Å². The molecule has 1 saturated heterocycles. The quantitative estimate of drug-likeness (QED) is 0.931. The predicted molar refractivity (Wildman–Crippen MR) is 77.2 cm³/mol. The van der Waals surface area contributed by atoms with Crippen LogP contribution in [0.2, 0.25) is 0 Å². The van der Waals surface area contributed by atoms with Crippen molar-refractivity contribution < 1.29 is 9.53 Å². The van der Waals surface area contributed by atoms with Crippen molar-refractivity contribution in [2.75, 3.05) is 18.5 Å². The van der Waals surface area contributed by atoms with Crippen molar-refractivity contribution in [3.63, 3.8) is 0 Å². The molecule has 1 amide bonds. The summed E-state index contributed by atoms with van der Waals surface area (Å²) in [5.41, 5.74) is 2.79. The van der Waals surface area contributed by atoms with Crippen LogP contribution in [0.1, 0.15) is 6.42 Å². The third-order valence-corrected chi connectivity index (χ3v) is 3.46. The van der Waals surface area contributed by atoms with Gasteiger partial charge in [0.25, 0.3) is 0 Å². The third kappa shape index (κ3) is 2.70. The fourth-order valence-corrected chi connectivity index (χ4v) is 2.34. The van der Waals surface area contributed by atoms with E-state index >= 15 is 0 Å². The molecule has 0 radical (unpaired) electrons. The molecule has 1 aromatic carbocycles. The molecule has 1 aromatic heterocycles. The van der Waals surface area contributed by atoms with Crippen LogP contribution in [-0.2, 0) is 9.53 Å². The van der Waals surface area contributed by atoms with Crippen LogP contribution in [0, 0.1) is 5.92 Å². The molecular formula is C16H16N2O2. The molecule has 4 heteroatoms. The second-order valence-electron chi connectivity index (χ2n) is 4.84. The number of hydrogen-bond donors (Lipinski definition) is 1. The summed E-state index contributed by atoms with van der Waals surface area (Å²) >= 11 is 0. The second-order valence-corrected chi connectivity index (χ2v) is 4.84. The van der Waals surface area contributed by atoms with E-state index < -0.39 is 0 Å². The first kappa shape index (κ1) is 12.8. The highest BCUT2D eigenvalue weighted by Gasteiger charge is 2.24. The Hall–Kier alpha value is -2.20. The summed E-state index contributed by atoms with van der Waals surface area (Å²) in [5.74, 6) is -0.0495. The number of carbonyl (C=O) groups is 1. The number of pyridine rings is 1. The van der Waals surface area contributed by atoms with Gasteiger partial charge in [0.15, 0.2) is 0 Å². The fraction of sp³-hybridized carbons (Fsp3) is 0.250. The van der Waals surface area contributed by atoms with Gasteiger partial charge in [0.05, 0.1) is 24.4 Å². The van der Waals surface area contributed by atoms with Gasteiger partial charge in [-0.05, 0) is 18.1 Å². The summed E-state index contributed by atoms with van der Waals surface area (Å²) in [6.07, 6.45) is 4.21. The van der Waals surface area contributed by atoms with Gasteiger partial charge in [0.1, 0.15) is 0 Å². The largest absolute Gasteiger partial charge is 0.381 e. The zero-order valence-corrected chi connectivity index (χ0v) is 11.1. The topological polar surface area (TPSA) is 51.2 Å². The Morgan fingerprint density at radius 1 is 1.25 bits per heavy atom. The number of anilines is 1. The monoisotopic (exact) mass is 268 g/mol. The highest BCUT2D eigenvalue weighted by atomic mass is 16.5. The number of rotatable bonds is 3. The Morgan fingerprint density at radius 3 is 2.85 bits per heavy atom. The number of nitrogens with zero attached hydrogens (tertiary/aromatic N) is 1. The number of aromatic nitrogens is 1. The Bertz CT molecular complexity index is 592. The molecule has 0 saturated carbocycles. The minimum Gasteiger partial charge on any atom is -0.381 e. The molecule has 1 unspecified atom stereocenters. The van der Waals surface area contributed by atoms with E-state index in [0.29, 0.717) is 13.2 Å². The summed E-state index contributed by atoms with van der Waals surface area (Å²) in [4.78, 5) is 16.3. The number of nitrogens with one attached hydrogen (secondary N) is 1. The minimum atomic E-state index is -0.0566. The van der Waals surface area contributed by atoms with Crippen LogP contribution in [0.3, 0.4) is 0 Å². The van der Waals surface area contributed by atoms with Crippen LogP contribution < -0.4 is 5.32 Å². The fourth-order valence-electron chi connectivity index (χ4n) is 2.34. The Balaban J connectivity index is 1.85. The van der Waals surface area contributed by atoms with Crippen LogP contribution >= 0.6 is 0 Å². The zero-order valence-electron chi connectivity index (χ0n) is 11.1. The van der Waals surface area contributed by atoms with E-state index in [1.54, 1.807) is 12.4 Å². The van der Waals surface area contributed by atoms with Gasteiger partial charge >= 0.3 is 0 Å². The average molecular weight is 268 g/mol. The SMILES string of the molecule is O=C(Nc1cnccc1-c1ccccc1)C1CCOC1. The Morgan fingerprint density at radius 2 is 2.10 bits per heavy atom. The maximum Gasteiger partial charge on any atom is 0.229 e. The lowest BCUT2D eigenvalue weighted by atomic mass is 10.0. The Kier molecular flexibility index (Phi) is 3.74. The van der Waals surface area contributed by atoms with E-state index in [1.165, 1.54) is 0 Å². The number of benzene rings is 1. The van der Waals surface area contributed by atoms with Crippen molar-refractivity contribution in [3.05, 3.63) is 48.8 Å². The highest BCUT2D eigenvalue weighted by molar-refractivity contribution is 5.96. The number of carbonyl (C=O) groups excluding carboxylic acids is 1. The predicted octanol–water partition coefficient (Wildman–Crippen LogP) is 2.72. The highest BCUT2D eigenvalue weighted by Crippen LogP contribution is 2.27. The van der Waals surface area contributed by atoms with Gasteiger partial charge < -0.3 is 10.1 Å². The molecule has 102 valence electrons. The summed E-state index contributed by atoms with van der Waals surface area (Å²) in [6.45, 7) is 1.17. The average Bonchev–Trinajstić information content (AvgIpc) is 3.03. The lowest BCUT2D eigenvalue weighted by molar-refractivity contribution is -0.119. The van der Waals surface area contributed by atoms with Crippen molar-refractivity contribution in [3.8, 4) is 11.1 Å². The molecular weight excluding hydrogens is 252 g/mol. The molecule has 1 N–H and O–H groups in total. The molecule has 1 aliphatic heterocycles. The molecule has 0 spiro atoms. The van der Waals surface area contributed by atoms with Gasteiger partial charge in [-0.25, -0.2) is 0 Å². The molecule has 20 heavy (non-hydrogen) atoms. The van der Waals surface area contributed by atoms with Crippen LogP contribution in [-0.4, -0.2) is 24.1 Å². The molecule has 1 atom stereocenters. The first-order valence-electron chi connectivity index (χ1n) is 6.72. The molecule has 2 aromatic rings. The standard InChI is InChI=1S/C16H16N2O2/c19-16(13-7-9-20-11-13)18-15-10-17-8-6-14(15)12-4-2-1-3-5-12/h1-6,8,10,13H,7,9,11H2,(H,18,19). The normalized spacial score (nSPS) is 17.9. The minimum absolute atomic E-state index is 0.00711. The Labute approximate surface area is 117 Å². The lowest BCUT2D eigenvalue weighted by Gasteiger charge is -2.13. The second kappa shape index (κ2) is 5.84. The van der Waals surface area contributed by atoms with Crippen molar-refractivity contribution in [2.24, 2.45) is 5.92 Å². The number of amides is 1. The molecule has 0 aliphatic carbocycles. The van der Waals surface area contributed by atoms with E-state index in [9.17, 15) is 4.79 Å². The van der Waals surface area contributed by atoms with Crippen LogP contribution in [0.15, 0.2) is 48.8 Å². The molecule has 2 heterocycles. The first-order valence-corrected chi connectivity index (χ1v) is 6.72. The van der Waals surface area contributed by atoms with Gasteiger partial charge in [-0.2, -0.15) is 0 Å². The van der Waals surface area contributed by atoms with Crippen molar-refractivity contribution in [1.82, 2.24) is 4.98 Å². The van der Waals surface area contributed by atoms with E-state index in [-0.39, 0.29) is 11.8 Å². The molecule has 0 bridgehead atoms. The van der Waals surface area contributed by atoms with Crippen LogP contribution in [0.25, 0.3) is 11.1 Å². The molecule has 4 nitrogen and oxygen atoms in total. The van der Waals surface area contributed by atoms with Gasteiger partial charge in [0.2, 0.25) is 5.91 Å².